The van der Waals surface area contributed by atoms with Gasteiger partial charge >= 0.3 is 0 Å². The second kappa shape index (κ2) is 11.0. The van der Waals surface area contributed by atoms with Crippen molar-refractivity contribution in [3.8, 4) is 0 Å². The summed E-state index contributed by atoms with van der Waals surface area (Å²) in [5.74, 6) is 0.169. The van der Waals surface area contributed by atoms with Crippen LogP contribution in [0.3, 0.4) is 0 Å². The number of nitrogens with one attached hydrogen (secondary N) is 1. The third-order valence-electron chi connectivity index (χ3n) is 4.89. The first-order valence-corrected chi connectivity index (χ1v) is 10.5. The highest BCUT2D eigenvalue weighted by Gasteiger charge is 2.26. The average molecular weight is 415 g/mol. The van der Waals surface area contributed by atoms with Gasteiger partial charge in [-0.2, -0.15) is 0 Å². The molecule has 0 fully saturated rings. The molecule has 29 heavy (non-hydrogen) atoms. The molecule has 156 valence electrons. The minimum atomic E-state index is -0.547. The number of halogens is 1. The van der Waals surface area contributed by atoms with Gasteiger partial charge in [0.15, 0.2) is 0 Å². The molecule has 0 unspecified atom stereocenters. The Hall–Kier alpha value is -2.33. The fraction of sp³-hybridized carbons (Fsp3) is 0.417. The van der Waals surface area contributed by atoms with Gasteiger partial charge in [0.2, 0.25) is 11.8 Å². The van der Waals surface area contributed by atoms with Gasteiger partial charge in [-0.1, -0.05) is 73.5 Å². The Morgan fingerprint density at radius 1 is 1.03 bits per heavy atom. The molecule has 2 aromatic carbocycles. The van der Waals surface area contributed by atoms with Crippen LogP contribution in [0.5, 0.6) is 0 Å². The smallest absolute Gasteiger partial charge is 0.242 e. The van der Waals surface area contributed by atoms with E-state index in [0.29, 0.717) is 36.9 Å². The largest absolute Gasteiger partial charge is 0.354 e. The molecule has 1 atom stereocenters. The molecule has 4 nitrogen and oxygen atoms in total. The topological polar surface area (TPSA) is 49.4 Å². The lowest BCUT2D eigenvalue weighted by molar-refractivity contribution is -0.140. The number of rotatable bonds is 9. The Labute approximate surface area is 179 Å². The Kier molecular flexibility index (Phi) is 8.71. The predicted octanol–water partition coefficient (Wildman–Crippen LogP) is 4.77. The summed E-state index contributed by atoms with van der Waals surface area (Å²) >= 11 is 6.23. The van der Waals surface area contributed by atoms with Crippen molar-refractivity contribution < 1.29 is 9.59 Å². The van der Waals surface area contributed by atoms with Crippen molar-refractivity contribution in [3.05, 3.63) is 70.2 Å². The molecule has 0 saturated heterocycles. The first-order chi connectivity index (χ1) is 13.8. The fourth-order valence-electron chi connectivity index (χ4n) is 3.01. The highest BCUT2D eigenvalue weighted by Crippen LogP contribution is 2.18. The van der Waals surface area contributed by atoms with E-state index in [0.717, 1.165) is 16.7 Å². The Balaban J connectivity index is 2.13. The quantitative estimate of drug-likeness (QED) is 0.642. The van der Waals surface area contributed by atoms with Crippen molar-refractivity contribution in [2.45, 2.75) is 53.1 Å². The molecule has 2 aromatic rings. The Morgan fingerprint density at radius 3 is 2.31 bits per heavy atom. The van der Waals surface area contributed by atoms with Crippen LogP contribution < -0.4 is 5.32 Å². The maximum Gasteiger partial charge on any atom is 0.242 e. The van der Waals surface area contributed by atoms with Crippen LogP contribution in [0.15, 0.2) is 48.5 Å². The maximum absolute atomic E-state index is 13.1. The molecule has 0 bridgehead atoms. The molecule has 5 heteroatoms. The Morgan fingerprint density at radius 2 is 1.69 bits per heavy atom. The van der Waals surface area contributed by atoms with Crippen LogP contribution in [-0.2, 0) is 22.6 Å². The summed E-state index contributed by atoms with van der Waals surface area (Å²) in [6.45, 7) is 8.90. The van der Waals surface area contributed by atoms with Gasteiger partial charge in [-0.25, -0.2) is 0 Å². The minimum absolute atomic E-state index is 0.0577. The van der Waals surface area contributed by atoms with Gasteiger partial charge < -0.3 is 10.2 Å². The van der Waals surface area contributed by atoms with Crippen molar-refractivity contribution >= 4 is 23.4 Å². The van der Waals surface area contributed by atoms with Crippen LogP contribution >= 0.6 is 11.6 Å². The normalized spacial score (nSPS) is 11.9. The molecule has 0 aliphatic heterocycles. The highest BCUT2D eigenvalue weighted by atomic mass is 35.5. The van der Waals surface area contributed by atoms with E-state index in [1.807, 2.05) is 69.3 Å². The number of hydrogen-bond acceptors (Lipinski definition) is 2. The SMILES string of the molecule is Cc1ccc(CN(C(=O)CCc2ccccc2Cl)[C@@H](C)C(=O)NCC(C)C)cc1. The number of hydrogen-bond donors (Lipinski definition) is 1. The third kappa shape index (κ3) is 7.21. The summed E-state index contributed by atoms with van der Waals surface area (Å²) in [7, 11) is 0. The van der Waals surface area contributed by atoms with E-state index in [9.17, 15) is 9.59 Å². The number of carbonyl (C=O) groups excluding carboxylic acids is 2. The first-order valence-electron chi connectivity index (χ1n) is 10.1. The zero-order valence-electron chi connectivity index (χ0n) is 17.7. The molecule has 2 amide bonds. The molecule has 0 saturated carbocycles. The van der Waals surface area contributed by atoms with E-state index in [2.05, 4.69) is 5.32 Å². The van der Waals surface area contributed by atoms with Gasteiger partial charge in [-0.3, -0.25) is 9.59 Å². The van der Waals surface area contributed by atoms with Gasteiger partial charge in [0.05, 0.1) is 0 Å². The second-order valence-electron chi connectivity index (χ2n) is 7.91. The lowest BCUT2D eigenvalue weighted by Crippen LogP contribution is -2.48. The molecular weight excluding hydrogens is 384 g/mol. The lowest BCUT2D eigenvalue weighted by atomic mass is 10.1. The van der Waals surface area contributed by atoms with E-state index in [4.69, 9.17) is 11.6 Å². The van der Waals surface area contributed by atoms with Crippen molar-refractivity contribution in [1.29, 1.82) is 0 Å². The zero-order chi connectivity index (χ0) is 21.4. The number of amides is 2. The van der Waals surface area contributed by atoms with Crippen molar-refractivity contribution in [2.75, 3.05) is 6.54 Å². The van der Waals surface area contributed by atoms with E-state index in [-0.39, 0.29) is 11.8 Å². The average Bonchev–Trinajstić information content (AvgIpc) is 2.70. The number of aryl methyl sites for hydroxylation is 2. The maximum atomic E-state index is 13.1. The van der Waals surface area contributed by atoms with Gasteiger partial charge in [-0.15, -0.1) is 0 Å². The highest BCUT2D eigenvalue weighted by molar-refractivity contribution is 6.31. The number of carbonyl (C=O) groups is 2. The van der Waals surface area contributed by atoms with Crippen molar-refractivity contribution in [2.24, 2.45) is 5.92 Å². The van der Waals surface area contributed by atoms with Gasteiger partial charge in [-0.05, 0) is 43.4 Å². The van der Waals surface area contributed by atoms with Crippen LogP contribution in [0.2, 0.25) is 5.02 Å². The third-order valence-corrected chi connectivity index (χ3v) is 5.26. The second-order valence-corrected chi connectivity index (χ2v) is 8.32. The molecule has 2 rings (SSSR count). The Bertz CT molecular complexity index is 818. The molecule has 1 N–H and O–H groups in total. The summed E-state index contributed by atoms with van der Waals surface area (Å²) < 4.78 is 0. The van der Waals surface area contributed by atoms with Gasteiger partial charge in [0, 0.05) is 24.5 Å². The van der Waals surface area contributed by atoms with Crippen LogP contribution in [0.1, 0.15) is 43.9 Å². The van der Waals surface area contributed by atoms with E-state index in [1.165, 1.54) is 0 Å². The predicted molar refractivity (Wildman–Crippen MR) is 119 cm³/mol. The summed E-state index contributed by atoms with van der Waals surface area (Å²) in [6.07, 6.45) is 0.848. The molecule has 0 spiro atoms. The van der Waals surface area contributed by atoms with E-state index >= 15 is 0 Å². The monoisotopic (exact) mass is 414 g/mol. The molecule has 0 aliphatic carbocycles. The lowest BCUT2D eigenvalue weighted by Gasteiger charge is -2.29. The number of benzene rings is 2. The van der Waals surface area contributed by atoms with Gasteiger partial charge in [0.1, 0.15) is 6.04 Å². The van der Waals surface area contributed by atoms with Crippen molar-refractivity contribution in [3.63, 3.8) is 0 Å². The zero-order valence-corrected chi connectivity index (χ0v) is 18.5. The van der Waals surface area contributed by atoms with Crippen molar-refractivity contribution in [1.82, 2.24) is 10.2 Å². The summed E-state index contributed by atoms with van der Waals surface area (Å²) in [4.78, 5) is 27.4. The van der Waals surface area contributed by atoms with Crippen LogP contribution in [0.25, 0.3) is 0 Å². The standard InChI is InChI=1S/C24H31ClN2O2/c1-17(2)15-26-24(29)19(4)27(16-20-11-9-18(3)10-12-20)23(28)14-13-21-7-5-6-8-22(21)25/h5-12,17,19H,13-16H2,1-4H3,(H,26,29)/t19-/m0/s1. The molecule has 0 aliphatic rings. The molecule has 0 heterocycles. The first kappa shape index (κ1) is 23.0. The van der Waals surface area contributed by atoms with Gasteiger partial charge in [0.25, 0.3) is 0 Å². The van der Waals surface area contributed by atoms with Crippen LogP contribution in [-0.4, -0.2) is 29.3 Å². The fourth-order valence-corrected chi connectivity index (χ4v) is 3.24. The molecule has 0 aromatic heterocycles. The van der Waals surface area contributed by atoms with E-state index < -0.39 is 6.04 Å². The summed E-state index contributed by atoms with van der Waals surface area (Å²) in [5.41, 5.74) is 3.10. The molecule has 0 radical (unpaired) electrons. The van der Waals surface area contributed by atoms with E-state index in [1.54, 1.807) is 11.8 Å². The minimum Gasteiger partial charge on any atom is -0.354 e. The molecular formula is C24H31ClN2O2. The number of nitrogens with zero attached hydrogens (tertiary/aromatic N) is 1. The van der Waals surface area contributed by atoms with Crippen LogP contribution in [0.4, 0.5) is 0 Å². The summed E-state index contributed by atoms with van der Waals surface area (Å²) in [6, 6.07) is 15.0. The summed E-state index contributed by atoms with van der Waals surface area (Å²) in [5, 5.41) is 3.60. The van der Waals surface area contributed by atoms with Crippen LogP contribution in [0, 0.1) is 12.8 Å².